The fourth-order valence-corrected chi connectivity index (χ4v) is 4.04. The second-order valence-electron chi connectivity index (χ2n) is 6.77. The molecule has 7 nitrogen and oxygen atoms in total. The predicted molar refractivity (Wildman–Crippen MR) is 98.8 cm³/mol. The van der Waals surface area contributed by atoms with E-state index in [2.05, 4.69) is 14.9 Å². The van der Waals surface area contributed by atoms with Crippen molar-refractivity contribution in [2.75, 3.05) is 36.9 Å². The average Bonchev–Trinajstić information content (AvgIpc) is 2.61. The Morgan fingerprint density at radius 3 is 2.69 bits per heavy atom. The van der Waals surface area contributed by atoms with E-state index in [1.54, 1.807) is 12.4 Å². The molecule has 0 aromatic carbocycles. The summed E-state index contributed by atoms with van der Waals surface area (Å²) in [6.07, 6.45) is 6.04. The summed E-state index contributed by atoms with van der Waals surface area (Å²) in [7, 11) is -2.60. The Morgan fingerprint density at radius 2 is 2.04 bits per heavy atom. The summed E-state index contributed by atoms with van der Waals surface area (Å²) in [4.78, 5) is 10.4. The molecule has 1 aliphatic heterocycles. The Hall–Kier alpha value is -2.00. The monoisotopic (exact) mass is 382 g/mol. The lowest BCUT2D eigenvalue weighted by Gasteiger charge is -2.39. The molecule has 0 radical (unpaired) electrons. The van der Waals surface area contributed by atoms with Gasteiger partial charge in [0.05, 0.1) is 5.60 Å². The molecule has 2 aromatic rings. The van der Waals surface area contributed by atoms with Crippen LogP contribution in [-0.4, -0.2) is 56.8 Å². The molecule has 1 unspecified atom stereocenters. The number of aliphatic hydroxyl groups is 1. The van der Waals surface area contributed by atoms with Gasteiger partial charge in [-0.3, -0.25) is 14.0 Å². The molecule has 2 aromatic heterocycles. The summed E-state index contributed by atoms with van der Waals surface area (Å²) in [5.74, 6) is 0.366. The summed E-state index contributed by atoms with van der Waals surface area (Å²) in [5, 5.41) is 11.5. The number of hydrogen-bond acceptors (Lipinski definition) is 7. The van der Waals surface area contributed by atoms with Crippen LogP contribution >= 0.6 is 0 Å². The standard InChI is InChI=1S/C17H23FN4O3S/c1-26(19,24)11-6-17(23)4-9-22(10-5-17)14-3-8-20-15-13(14)2-7-21-16(15)25-12-18/h2-3,7-8,19,23H,4-6,9-12H2,1H3. The van der Waals surface area contributed by atoms with Crippen molar-refractivity contribution >= 4 is 26.3 Å². The minimum Gasteiger partial charge on any atom is -0.444 e. The number of piperidine rings is 1. The molecule has 0 aliphatic carbocycles. The summed E-state index contributed by atoms with van der Waals surface area (Å²) in [6, 6.07) is 3.70. The van der Waals surface area contributed by atoms with Crippen LogP contribution in [0.2, 0.25) is 0 Å². The number of pyridine rings is 2. The minimum absolute atomic E-state index is 0.161. The van der Waals surface area contributed by atoms with Gasteiger partial charge in [-0.05, 0) is 31.4 Å². The third-order valence-electron chi connectivity index (χ3n) is 4.79. The van der Waals surface area contributed by atoms with Gasteiger partial charge in [-0.1, -0.05) is 0 Å². The smallest absolute Gasteiger partial charge is 0.242 e. The fourth-order valence-electron chi connectivity index (χ4n) is 3.27. The van der Waals surface area contributed by atoms with Crippen LogP contribution in [0.4, 0.5) is 10.1 Å². The molecule has 0 spiro atoms. The second-order valence-corrected chi connectivity index (χ2v) is 9.18. The van der Waals surface area contributed by atoms with Gasteiger partial charge in [-0.2, -0.15) is 0 Å². The summed E-state index contributed by atoms with van der Waals surface area (Å²) in [6.45, 7) is 0.283. The predicted octanol–water partition coefficient (Wildman–Crippen LogP) is 2.33. The maximum Gasteiger partial charge on any atom is 0.242 e. The van der Waals surface area contributed by atoms with E-state index < -0.39 is 22.2 Å². The van der Waals surface area contributed by atoms with Gasteiger partial charge in [-0.15, -0.1) is 0 Å². The van der Waals surface area contributed by atoms with Crippen molar-refractivity contribution in [1.82, 2.24) is 9.97 Å². The summed E-state index contributed by atoms with van der Waals surface area (Å²) >= 11 is 0. The average molecular weight is 382 g/mol. The lowest BCUT2D eigenvalue weighted by atomic mass is 9.88. The first-order chi connectivity index (χ1) is 12.3. The maximum absolute atomic E-state index is 12.5. The highest BCUT2D eigenvalue weighted by molar-refractivity contribution is 7.91. The molecule has 1 atom stereocenters. The molecule has 0 saturated carbocycles. The molecular formula is C17H23FN4O3S. The summed E-state index contributed by atoms with van der Waals surface area (Å²) < 4.78 is 36.5. The topological polar surface area (TPSA) is 99.4 Å². The minimum atomic E-state index is -2.60. The van der Waals surface area contributed by atoms with Crippen LogP contribution in [0.3, 0.4) is 0 Å². The van der Waals surface area contributed by atoms with Gasteiger partial charge in [0, 0.05) is 58.3 Å². The van der Waals surface area contributed by atoms with Crippen molar-refractivity contribution in [1.29, 1.82) is 4.78 Å². The number of alkyl halides is 1. The Labute approximate surface area is 152 Å². The Bertz CT molecular complexity index is 883. The SMILES string of the molecule is CS(=N)(=O)CCC1(O)CCN(c2ccnc3c(OCF)nccc23)CC1. The van der Waals surface area contributed by atoms with Crippen molar-refractivity contribution in [3.8, 4) is 5.88 Å². The number of anilines is 1. The number of hydrogen-bond donors (Lipinski definition) is 2. The molecule has 3 heterocycles. The van der Waals surface area contributed by atoms with E-state index in [0.717, 1.165) is 11.1 Å². The van der Waals surface area contributed by atoms with Crippen LogP contribution in [0, 0.1) is 4.78 Å². The zero-order valence-corrected chi connectivity index (χ0v) is 15.5. The number of ether oxygens (including phenoxy) is 1. The van der Waals surface area contributed by atoms with E-state index in [1.165, 1.54) is 6.26 Å². The van der Waals surface area contributed by atoms with Crippen LogP contribution in [-0.2, 0) is 9.73 Å². The Balaban J connectivity index is 1.78. The van der Waals surface area contributed by atoms with Crippen molar-refractivity contribution in [3.05, 3.63) is 24.5 Å². The zero-order chi connectivity index (χ0) is 18.8. The lowest BCUT2D eigenvalue weighted by molar-refractivity contribution is 0.0135. The van der Waals surface area contributed by atoms with Crippen LogP contribution < -0.4 is 9.64 Å². The highest BCUT2D eigenvalue weighted by Gasteiger charge is 2.33. The van der Waals surface area contributed by atoms with E-state index in [1.807, 2.05) is 12.1 Å². The number of halogens is 1. The molecule has 1 aliphatic rings. The van der Waals surface area contributed by atoms with E-state index >= 15 is 0 Å². The first kappa shape index (κ1) is 18.8. The molecule has 142 valence electrons. The van der Waals surface area contributed by atoms with Crippen LogP contribution in [0.25, 0.3) is 10.9 Å². The van der Waals surface area contributed by atoms with Crippen LogP contribution in [0.1, 0.15) is 19.3 Å². The third-order valence-corrected chi connectivity index (χ3v) is 5.77. The molecule has 9 heteroatoms. The number of nitrogens with one attached hydrogen (secondary N) is 1. The number of rotatable bonds is 6. The van der Waals surface area contributed by atoms with Crippen LogP contribution in [0.5, 0.6) is 5.88 Å². The van der Waals surface area contributed by atoms with Crippen molar-refractivity contribution < 1.29 is 18.4 Å². The normalized spacial score (nSPS) is 19.3. The van der Waals surface area contributed by atoms with E-state index in [4.69, 9.17) is 9.52 Å². The van der Waals surface area contributed by atoms with Gasteiger partial charge >= 0.3 is 0 Å². The van der Waals surface area contributed by atoms with Gasteiger partial charge in [0.25, 0.3) is 0 Å². The first-order valence-electron chi connectivity index (χ1n) is 8.43. The van der Waals surface area contributed by atoms with E-state index in [-0.39, 0.29) is 11.6 Å². The number of nitrogens with zero attached hydrogens (tertiary/aromatic N) is 3. The van der Waals surface area contributed by atoms with Gasteiger partial charge in [-0.25, -0.2) is 9.37 Å². The Kier molecular flexibility index (Phi) is 5.29. The molecule has 1 saturated heterocycles. The van der Waals surface area contributed by atoms with Gasteiger partial charge in [0.1, 0.15) is 5.52 Å². The number of fused-ring (bicyclic) bond motifs is 1. The number of aromatic nitrogens is 2. The molecule has 1 fully saturated rings. The lowest BCUT2D eigenvalue weighted by Crippen LogP contribution is -2.45. The Morgan fingerprint density at radius 1 is 1.35 bits per heavy atom. The fraction of sp³-hybridized carbons (Fsp3) is 0.529. The highest BCUT2D eigenvalue weighted by Crippen LogP contribution is 2.34. The zero-order valence-electron chi connectivity index (χ0n) is 14.7. The maximum atomic E-state index is 12.5. The first-order valence-corrected chi connectivity index (χ1v) is 10.6. The van der Waals surface area contributed by atoms with Gasteiger partial charge in [0.15, 0.2) is 0 Å². The van der Waals surface area contributed by atoms with Gasteiger partial charge in [0.2, 0.25) is 12.7 Å². The van der Waals surface area contributed by atoms with Crippen molar-refractivity contribution in [2.24, 2.45) is 0 Å². The van der Waals surface area contributed by atoms with Crippen LogP contribution in [0.15, 0.2) is 24.5 Å². The largest absolute Gasteiger partial charge is 0.444 e. The molecule has 26 heavy (non-hydrogen) atoms. The van der Waals surface area contributed by atoms with E-state index in [0.29, 0.717) is 37.9 Å². The highest BCUT2D eigenvalue weighted by atomic mass is 32.2. The molecule has 2 N–H and O–H groups in total. The molecular weight excluding hydrogens is 359 g/mol. The molecule has 0 amide bonds. The van der Waals surface area contributed by atoms with Crippen molar-refractivity contribution in [2.45, 2.75) is 24.9 Å². The van der Waals surface area contributed by atoms with Gasteiger partial charge < -0.3 is 14.7 Å². The summed E-state index contributed by atoms with van der Waals surface area (Å²) in [5.41, 5.74) is 0.551. The third kappa shape index (κ3) is 4.21. The second kappa shape index (κ2) is 7.32. The molecule has 0 bridgehead atoms. The molecule has 3 rings (SSSR count). The quantitative estimate of drug-likeness (QED) is 0.795. The van der Waals surface area contributed by atoms with Crippen molar-refractivity contribution in [3.63, 3.8) is 0 Å². The van der Waals surface area contributed by atoms with E-state index in [9.17, 15) is 13.7 Å².